The molecule has 0 aliphatic heterocycles. The molecule has 1 aromatic carbocycles. The Morgan fingerprint density at radius 1 is 1.07 bits per heavy atom. The number of pyridine rings is 1. The fourth-order valence-corrected chi connectivity index (χ4v) is 3.29. The maximum atomic E-state index is 13.4. The molecule has 4 aromatic rings. The van der Waals surface area contributed by atoms with Gasteiger partial charge in [-0.3, -0.25) is 0 Å². The molecule has 3 heterocycles. The lowest BCUT2D eigenvalue weighted by Crippen LogP contribution is -2.20. The van der Waals surface area contributed by atoms with E-state index in [9.17, 15) is 17.6 Å². The predicted molar refractivity (Wildman–Crippen MR) is 105 cm³/mol. The zero-order chi connectivity index (χ0) is 21.3. The number of ether oxygens (including phenoxy) is 1. The third-order valence-corrected chi connectivity index (χ3v) is 4.83. The van der Waals surface area contributed by atoms with E-state index in [1.807, 2.05) is 6.26 Å². The highest BCUT2D eigenvalue weighted by Crippen LogP contribution is 2.35. The smallest absolute Gasteiger partial charge is 0.422 e. The highest BCUT2D eigenvalue weighted by molar-refractivity contribution is 7.98. The molecule has 0 bridgehead atoms. The lowest BCUT2D eigenvalue weighted by Gasteiger charge is -2.10. The van der Waals surface area contributed by atoms with E-state index in [-0.39, 0.29) is 5.88 Å². The van der Waals surface area contributed by atoms with E-state index in [0.717, 1.165) is 0 Å². The van der Waals surface area contributed by atoms with Gasteiger partial charge in [0, 0.05) is 17.8 Å². The summed E-state index contributed by atoms with van der Waals surface area (Å²) >= 11 is 1.43. The largest absolute Gasteiger partial charge is 0.468 e. The van der Waals surface area contributed by atoms with Crippen molar-refractivity contribution in [3.63, 3.8) is 0 Å². The van der Waals surface area contributed by atoms with Crippen molar-refractivity contribution < 1.29 is 22.3 Å². The molecule has 0 N–H and O–H groups in total. The molecule has 0 unspecified atom stereocenters. The Kier molecular flexibility index (Phi) is 5.33. The standard InChI is InChI=1S/C20H14F4N4OS/c1-30-15-9-10-25-19(26-15)17-14-3-2-4-16(29-11-20(22,23)24)28(14)27-18(17)12-5-7-13(21)8-6-12/h2-10H,11H2,1H3. The van der Waals surface area contributed by atoms with Crippen molar-refractivity contribution >= 4 is 17.3 Å². The minimum Gasteiger partial charge on any atom is -0.468 e. The topological polar surface area (TPSA) is 52.3 Å². The first kappa shape index (κ1) is 20.1. The third kappa shape index (κ3) is 4.09. The maximum Gasteiger partial charge on any atom is 0.422 e. The van der Waals surface area contributed by atoms with Gasteiger partial charge in [-0.15, -0.1) is 11.8 Å². The number of aromatic nitrogens is 4. The summed E-state index contributed by atoms with van der Waals surface area (Å²) in [6, 6.07) is 12.0. The van der Waals surface area contributed by atoms with Crippen molar-refractivity contribution in [3.05, 3.63) is 60.5 Å². The second kappa shape index (κ2) is 7.94. The van der Waals surface area contributed by atoms with Gasteiger partial charge in [0.1, 0.15) is 11.5 Å². The number of alkyl halides is 3. The van der Waals surface area contributed by atoms with Crippen LogP contribution in [-0.4, -0.2) is 38.6 Å². The average Bonchev–Trinajstić information content (AvgIpc) is 3.12. The first-order chi connectivity index (χ1) is 14.4. The van der Waals surface area contributed by atoms with Gasteiger partial charge in [0.25, 0.3) is 0 Å². The van der Waals surface area contributed by atoms with Gasteiger partial charge in [-0.25, -0.2) is 14.4 Å². The van der Waals surface area contributed by atoms with Gasteiger partial charge in [0.15, 0.2) is 12.4 Å². The van der Waals surface area contributed by atoms with Crippen LogP contribution in [0.3, 0.4) is 0 Å². The number of fused-ring (bicyclic) bond motifs is 1. The summed E-state index contributed by atoms with van der Waals surface area (Å²) < 4.78 is 57.7. The summed E-state index contributed by atoms with van der Waals surface area (Å²) in [4.78, 5) is 8.83. The third-order valence-electron chi connectivity index (χ3n) is 4.19. The molecule has 0 aliphatic carbocycles. The van der Waals surface area contributed by atoms with Gasteiger partial charge in [-0.2, -0.15) is 22.8 Å². The van der Waals surface area contributed by atoms with Crippen molar-refractivity contribution in [1.29, 1.82) is 0 Å². The van der Waals surface area contributed by atoms with E-state index in [1.54, 1.807) is 24.4 Å². The van der Waals surface area contributed by atoms with Crippen molar-refractivity contribution in [1.82, 2.24) is 19.6 Å². The van der Waals surface area contributed by atoms with Crippen LogP contribution < -0.4 is 4.74 Å². The van der Waals surface area contributed by atoms with Gasteiger partial charge in [0.05, 0.1) is 16.1 Å². The number of hydrogen-bond donors (Lipinski definition) is 0. The Morgan fingerprint density at radius 2 is 1.83 bits per heavy atom. The first-order valence-electron chi connectivity index (χ1n) is 8.70. The van der Waals surface area contributed by atoms with Crippen LogP contribution in [-0.2, 0) is 0 Å². The molecule has 0 atom stereocenters. The van der Waals surface area contributed by atoms with Gasteiger partial charge < -0.3 is 4.74 Å². The van der Waals surface area contributed by atoms with Crippen LogP contribution in [0, 0.1) is 5.82 Å². The van der Waals surface area contributed by atoms with Gasteiger partial charge in [0.2, 0.25) is 5.88 Å². The summed E-state index contributed by atoms with van der Waals surface area (Å²) in [6.07, 6.45) is -1.03. The summed E-state index contributed by atoms with van der Waals surface area (Å²) in [7, 11) is 0. The first-order valence-corrected chi connectivity index (χ1v) is 9.93. The molecule has 4 rings (SSSR count). The normalized spacial score (nSPS) is 11.8. The number of nitrogens with zero attached hydrogens (tertiary/aromatic N) is 4. The van der Waals surface area contributed by atoms with E-state index in [2.05, 4.69) is 15.1 Å². The van der Waals surface area contributed by atoms with Crippen molar-refractivity contribution in [2.45, 2.75) is 11.2 Å². The zero-order valence-electron chi connectivity index (χ0n) is 15.5. The molecule has 30 heavy (non-hydrogen) atoms. The minimum absolute atomic E-state index is 0.0829. The quantitative estimate of drug-likeness (QED) is 0.244. The molecule has 154 valence electrons. The second-order valence-electron chi connectivity index (χ2n) is 6.22. The monoisotopic (exact) mass is 434 g/mol. The summed E-state index contributed by atoms with van der Waals surface area (Å²) in [6.45, 7) is -1.45. The molecule has 0 saturated heterocycles. The van der Waals surface area contributed by atoms with Crippen LogP contribution in [0.1, 0.15) is 0 Å². The Balaban J connectivity index is 1.94. The van der Waals surface area contributed by atoms with Gasteiger partial charge >= 0.3 is 6.18 Å². The average molecular weight is 434 g/mol. The molecule has 5 nitrogen and oxygen atoms in total. The molecule has 0 fully saturated rings. The Morgan fingerprint density at radius 3 is 2.53 bits per heavy atom. The summed E-state index contributed by atoms with van der Waals surface area (Å²) in [5.74, 6) is -0.150. The van der Waals surface area contributed by atoms with Crippen molar-refractivity contribution in [2.24, 2.45) is 0 Å². The fourth-order valence-electron chi connectivity index (χ4n) is 2.92. The SMILES string of the molecule is CSc1ccnc(-c2c(-c3ccc(F)cc3)nn3c(OCC(F)(F)F)cccc23)n1. The molecular weight excluding hydrogens is 420 g/mol. The number of halogens is 4. The molecule has 0 aliphatic rings. The predicted octanol–water partition coefficient (Wildman–Crippen LogP) is 5.26. The Hall–Kier alpha value is -3.14. The van der Waals surface area contributed by atoms with Crippen LogP contribution in [0.2, 0.25) is 0 Å². The Labute approximate surface area is 172 Å². The number of hydrogen-bond acceptors (Lipinski definition) is 5. The van der Waals surface area contributed by atoms with Crippen molar-refractivity contribution in [3.8, 4) is 28.5 Å². The molecule has 0 radical (unpaired) electrons. The minimum atomic E-state index is -4.49. The number of rotatable bonds is 5. The maximum absolute atomic E-state index is 13.4. The van der Waals surface area contributed by atoms with E-state index in [1.165, 1.54) is 46.6 Å². The summed E-state index contributed by atoms with van der Waals surface area (Å²) in [5, 5.41) is 5.18. The second-order valence-corrected chi connectivity index (χ2v) is 7.04. The van der Waals surface area contributed by atoms with Gasteiger partial charge in [-0.1, -0.05) is 6.07 Å². The van der Waals surface area contributed by atoms with E-state index >= 15 is 0 Å². The van der Waals surface area contributed by atoms with E-state index in [4.69, 9.17) is 4.74 Å². The molecule has 0 saturated carbocycles. The zero-order valence-corrected chi connectivity index (χ0v) is 16.3. The van der Waals surface area contributed by atoms with Crippen LogP contribution in [0.4, 0.5) is 17.6 Å². The highest BCUT2D eigenvalue weighted by Gasteiger charge is 2.29. The van der Waals surface area contributed by atoms with Crippen molar-refractivity contribution in [2.75, 3.05) is 12.9 Å². The van der Waals surface area contributed by atoms with Gasteiger partial charge in [-0.05, 0) is 42.7 Å². The lowest BCUT2D eigenvalue weighted by molar-refractivity contribution is -0.154. The Bertz CT molecular complexity index is 1190. The number of benzene rings is 1. The number of thioether (sulfide) groups is 1. The lowest BCUT2D eigenvalue weighted by atomic mass is 10.1. The van der Waals surface area contributed by atoms with Crippen LogP contribution in [0.15, 0.2) is 59.8 Å². The highest BCUT2D eigenvalue weighted by atomic mass is 32.2. The molecular formula is C20H14F4N4OS. The molecule has 0 spiro atoms. The molecule has 3 aromatic heterocycles. The van der Waals surface area contributed by atoms with Crippen LogP contribution >= 0.6 is 11.8 Å². The molecule has 0 amide bonds. The van der Waals surface area contributed by atoms with Crippen LogP contribution in [0.5, 0.6) is 5.88 Å². The van der Waals surface area contributed by atoms with E-state index < -0.39 is 18.6 Å². The molecule has 10 heteroatoms. The summed E-state index contributed by atoms with van der Waals surface area (Å²) in [5.41, 5.74) is 1.94. The van der Waals surface area contributed by atoms with Crippen LogP contribution in [0.25, 0.3) is 28.2 Å². The fraction of sp³-hybridized carbons (Fsp3) is 0.150. The van der Waals surface area contributed by atoms with E-state index in [0.29, 0.717) is 33.2 Å².